The van der Waals surface area contributed by atoms with E-state index in [1.54, 1.807) is 31.2 Å². The van der Waals surface area contributed by atoms with Crippen LogP contribution in [0.25, 0.3) is 0 Å². The molecule has 0 aliphatic carbocycles. The van der Waals surface area contributed by atoms with E-state index in [9.17, 15) is 14.4 Å². The number of benzene rings is 2. The number of esters is 1. The first-order valence-corrected chi connectivity index (χ1v) is 10.0. The van der Waals surface area contributed by atoms with Gasteiger partial charge in [-0.05, 0) is 38.5 Å². The minimum absolute atomic E-state index is 0.112. The highest BCUT2D eigenvalue weighted by Crippen LogP contribution is 2.23. The molecule has 0 saturated heterocycles. The number of nitrogens with zero attached hydrogens (tertiary/aromatic N) is 2. The lowest BCUT2D eigenvalue weighted by molar-refractivity contribution is -0.123. The highest BCUT2D eigenvalue weighted by atomic mass is 35.5. The number of ketones is 1. The molecule has 3 aromatic rings. The summed E-state index contributed by atoms with van der Waals surface area (Å²) in [6.45, 7) is 4.90. The van der Waals surface area contributed by atoms with E-state index in [0.29, 0.717) is 23.5 Å². The monoisotopic (exact) mass is 439 g/mol. The quantitative estimate of drug-likeness (QED) is 0.438. The van der Waals surface area contributed by atoms with Crippen LogP contribution in [0.15, 0.2) is 54.6 Å². The molecule has 0 unspecified atom stereocenters. The van der Waals surface area contributed by atoms with Gasteiger partial charge in [-0.25, -0.2) is 9.48 Å². The lowest BCUT2D eigenvalue weighted by atomic mass is 10.1. The van der Waals surface area contributed by atoms with Crippen LogP contribution in [-0.2, 0) is 16.1 Å². The van der Waals surface area contributed by atoms with E-state index in [-0.39, 0.29) is 16.5 Å². The number of carbonyl (C=O) groups is 3. The van der Waals surface area contributed by atoms with Gasteiger partial charge in [0, 0.05) is 5.56 Å². The summed E-state index contributed by atoms with van der Waals surface area (Å²) >= 11 is 6.38. The summed E-state index contributed by atoms with van der Waals surface area (Å²) in [5, 5.41) is 7.09. The predicted octanol–water partition coefficient (Wildman–Crippen LogP) is 4.28. The summed E-state index contributed by atoms with van der Waals surface area (Å²) in [5.41, 5.74) is 2.22. The summed E-state index contributed by atoms with van der Waals surface area (Å²) in [6.07, 6.45) is -1.11. The molecule has 31 heavy (non-hydrogen) atoms. The Hall–Kier alpha value is -3.45. The molecule has 0 radical (unpaired) electrons. The van der Waals surface area contributed by atoms with Gasteiger partial charge in [0.25, 0.3) is 5.91 Å². The van der Waals surface area contributed by atoms with Crippen LogP contribution >= 0.6 is 11.6 Å². The van der Waals surface area contributed by atoms with Crippen molar-refractivity contribution in [3.05, 3.63) is 82.1 Å². The maximum absolute atomic E-state index is 12.7. The number of carbonyl (C=O) groups excluding carboxylic acids is 3. The molecule has 1 aromatic heterocycles. The number of aromatic nitrogens is 2. The highest BCUT2D eigenvalue weighted by molar-refractivity contribution is 6.32. The van der Waals surface area contributed by atoms with Crippen LogP contribution in [0, 0.1) is 6.92 Å². The van der Waals surface area contributed by atoms with Crippen LogP contribution < -0.4 is 5.32 Å². The lowest BCUT2D eigenvalue weighted by Gasteiger charge is -2.15. The summed E-state index contributed by atoms with van der Waals surface area (Å²) in [4.78, 5) is 36.9. The van der Waals surface area contributed by atoms with E-state index >= 15 is 0 Å². The van der Waals surface area contributed by atoms with Crippen LogP contribution in [0.4, 0.5) is 5.69 Å². The predicted molar refractivity (Wildman–Crippen MR) is 117 cm³/mol. The number of rotatable bonds is 7. The molecule has 0 spiro atoms. The third kappa shape index (κ3) is 5.19. The Morgan fingerprint density at radius 1 is 1.10 bits per heavy atom. The van der Waals surface area contributed by atoms with Gasteiger partial charge in [0.15, 0.2) is 11.9 Å². The molecule has 7 nitrogen and oxygen atoms in total. The molecule has 3 rings (SSSR count). The van der Waals surface area contributed by atoms with Gasteiger partial charge in [-0.3, -0.25) is 9.59 Å². The second-order valence-electron chi connectivity index (χ2n) is 7.03. The molecule has 0 saturated carbocycles. The van der Waals surface area contributed by atoms with Crippen LogP contribution in [0.5, 0.6) is 0 Å². The molecule has 0 aliphatic heterocycles. The molecular weight excluding hydrogens is 418 g/mol. The first kappa shape index (κ1) is 22.2. The van der Waals surface area contributed by atoms with Crippen molar-refractivity contribution in [2.24, 2.45) is 0 Å². The average Bonchev–Trinajstić information content (AvgIpc) is 3.01. The first-order chi connectivity index (χ1) is 14.8. The number of aryl methyl sites for hydroxylation is 1. The van der Waals surface area contributed by atoms with Gasteiger partial charge in [0.2, 0.25) is 0 Å². The molecular formula is C23H22ClN3O4. The number of amides is 1. The Labute approximate surface area is 185 Å². The fourth-order valence-electron chi connectivity index (χ4n) is 3.05. The second-order valence-corrected chi connectivity index (χ2v) is 7.39. The van der Waals surface area contributed by atoms with E-state index in [1.165, 1.54) is 18.5 Å². The molecule has 1 heterocycles. The van der Waals surface area contributed by atoms with Crippen molar-refractivity contribution in [2.45, 2.75) is 33.4 Å². The van der Waals surface area contributed by atoms with E-state index in [0.717, 1.165) is 5.56 Å². The summed E-state index contributed by atoms with van der Waals surface area (Å²) in [5.74, 6) is -1.49. The van der Waals surface area contributed by atoms with E-state index in [1.807, 2.05) is 30.3 Å². The number of halogens is 1. The number of para-hydroxylation sites is 1. The Morgan fingerprint density at radius 3 is 2.42 bits per heavy atom. The second kappa shape index (κ2) is 9.57. The van der Waals surface area contributed by atoms with Crippen molar-refractivity contribution >= 4 is 34.9 Å². The number of nitrogens with one attached hydrogen (secondary N) is 1. The lowest BCUT2D eigenvalue weighted by Crippen LogP contribution is -2.30. The number of Topliss-reactive ketones (excluding diaryl/α,β-unsaturated/α-hetero) is 1. The standard InChI is InChI=1S/C23H22ClN3O4/c1-14-20(21(24)27(26-14)13-17-9-5-4-6-10-17)23(30)31-16(3)22(29)25-19-12-8-7-11-18(19)15(2)28/h4-12,16H,13H2,1-3H3,(H,25,29)/t16-/m0/s1. The number of hydrogen-bond donors (Lipinski definition) is 1. The van der Waals surface area contributed by atoms with Crippen LogP contribution in [0.1, 0.15) is 45.8 Å². The Balaban J connectivity index is 1.71. The summed E-state index contributed by atoms with van der Waals surface area (Å²) in [6, 6.07) is 16.2. The van der Waals surface area contributed by atoms with Crippen LogP contribution in [-0.4, -0.2) is 33.5 Å². The van der Waals surface area contributed by atoms with Crippen molar-refractivity contribution in [3.63, 3.8) is 0 Å². The molecule has 1 N–H and O–H groups in total. The SMILES string of the molecule is CC(=O)c1ccccc1NC(=O)[C@H](C)OC(=O)c1c(C)nn(Cc2ccccc2)c1Cl. The Bertz CT molecular complexity index is 1130. The van der Waals surface area contributed by atoms with Crippen molar-refractivity contribution in [3.8, 4) is 0 Å². The zero-order chi connectivity index (χ0) is 22.5. The van der Waals surface area contributed by atoms with Crippen LogP contribution in [0.3, 0.4) is 0 Å². The smallest absolute Gasteiger partial charge is 0.343 e. The van der Waals surface area contributed by atoms with Gasteiger partial charge < -0.3 is 10.1 Å². The van der Waals surface area contributed by atoms with Gasteiger partial charge in [-0.2, -0.15) is 5.10 Å². The molecule has 160 valence electrons. The number of ether oxygens (including phenoxy) is 1. The van der Waals surface area contributed by atoms with E-state index in [2.05, 4.69) is 10.4 Å². The largest absolute Gasteiger partial charge is 0.449 e. The first-order valence-electron chi connectivity index (χ1n) is 9.66. The molecule has 1 amide bonds. The third-order valence-corrected chi connectivity index (χ3v) is 5.05. The fourth-order valence-corrected chi connectivity index (χ4v) is 3.36. The van der Waals surface area contributed by atoms with Gasteiger partial charge >= 0.3 is 5.97 Å². The normalized spacial score (nSPS) is 11.6. The molecule has 0 aliphatic rings. The van der Waals surface area contributed by atoms with Gasteiger partial charge in [0.1, 0.15) is 10.7 Å². The van der Waals surface area contributed by atoms with Crippen molar-refractivity contribution in [1.29, 1.82) is 0 Å². The number of anilines is 1. The van der Waals surface area contributed by atoms with Gasteiger partial charge in [-0.1, -0.05) is 54.1 Å². The minimum atomic E-state index is -1.11. The molecule has 8 heteroatoms. The Morgan fingerprint density at radius 2 is 1.74 bits per heavy atom. The molecule has 0 bridgehead atoms. The average molecular weight is 440 g/mol. The summed E-state index contributed by atoms with van der Waals surface area (Å²) in [7, 11) is 0. The van der Waals surface area contributed by atoms with Crippen LogP contribution in [0.2, 0.25) is 5.15 Å². The fraction of sp³-hybridized carbons (Fsp3) is 0.217. The van der Waals surface area contributed by atoms with Crippen molar-refractivity contribution in [1.82, 2.24) is 9.78 Å². The zero-order valence-electron chi connectivity index (χ0n) is 17.4. The minimum Gasteiger partial charge on any atom is -0.449 e. The third-order valence-electron chi connectivity index (χ3n) is 4.66. The van der Waals surface area contributed by atoms with Gasteiger partial charge in [0.05, 0.1) is 17.9 Å². The van der Waals surface area contributed by atoms with E-state index < -0.39 is 18.0 Å². The molecule has 1 atom stereocenters. The topological polar surface area (TPSA) is 90.3 Å². The zero-order valence-corrected chi connectivity index (χ0v) is 18.1. The maximum atomic E-state index is 12.7. The van der Waals surface area contributed by atoms with E-state index in [4.69, 9.17) is 16.3 Å². The molecule has 0 fully saturated rings. The molecule has 2 aromatic carbocycles. The summed E-state index contributed by atoms with van der Waals surface area (Å²) < 4.78 is 6.83. The highest BCUT2D eigenvalue weighted by Gasteiger charge is 2.26. The number of hydrogen-bond acceptors (Lipinski definition) is 5. The van der Waals surface area contributed by atoms with Crippen molar-refractivity contribution in [2.75, 3.05) is 5.32 Å². The van der Waals surface area contributed by atoms with Crippen molar-refractivity contribution < 1.29 is 19.1 Å². The van der Waals surface area contributed by atoms with Gasteiger partial charge in [-0.15, -0.1) is 0 Å². The Kier molecular flexibility index (Phi) is 6.87. The maximum Gasteiger partial charge on any atom is 0.343 e.